The number of nitrogens with zero attached hydrogens (tertiary/aromatic N) is 2. The van der Waals surface area contributed by atoms with E-state index in [2.05, 4.69) is 71.7 Å². The van der Waals surface area contributed by atoms with Gasteiger partial charge in [0, 0.05) is 25.8 Å². The van der Waals surface area contributed by atoms with Crippen LogP contribution in [-0.2, 0) is 0 Å². The van der Waals surface area contributed by atoms with Gasteiger partial charge in [0.1, 0.15) is 0 Å². The van der Waals surface area contributed by atoms with Crippen molar-refractivity contribution in [3.8, 4) is 0 Å². The van der Waals surface area contributed by atoms with Crippen LogP contribution in [-0.4, -0.2) is 36.1 Å². The normalized spacial score (nSPS) is 17.3. The van der Waals surface area contributed by atoms with Gasteiger partial charge in [-0.05, 0) is 53.9 Å². The Morgan fingerprint density at radius 2 is 1.84 bits per heavy atom. The predicted octanol–water partition coefficient (Wildman–Crippen LogP) is 3.93. The van der Waals surface area contributed by atoms with Gasteiger partial charge in [0.15, 0.2) is 0 Å². The van der Waals surface area contributed by atoms with Crippen molar-refractivity contribution in [1.82, 2.24) is 15.2 Å². The summed E-state index contributed by atoms with van der Waals surface area (Å²) in [7, 11) is 0. The summed E-state index contributed by atoms with van der Waals surface area (Å²) < 4.78 is 0. The van der Waals surface area contributed by atoms with E-state index in [-0.39, 0.29) is 6.04 Å². The molecule has 0 bridgehead atoms. The molecule has 1 N–H and O–H groups in total. The molecule has 1 aliphatic rings. The van der Waals surface area contributed by atoms with Crippen LogP contribution in [0.1, 0.15) is 29.3 Å². The van der Waals surface area contributed by atoms with Gasteiger partial charge in [-0.1, -0.05) is 42.5 Å². The Morgan fingerprint density at radius 3 is 2.68 bits per heavy atom. The molecule has 25 heavy (non-hydrogen) atoms. The monoisotopic (exact) mass is 331 g/mol. The summed E-state index contributed by atoms with van der Waals surface area (Å²) in [5.41, 5.74) is 3.68. The largest absolute Gasteiger partial charge is 0.315 e. The van der Waals surface area contributed by atoms with Gasteiger partial charge in [-0.25, -0.2) is 0 Å². The maximum atomic E-state index is 4.78. The van der Waals surface area contributed by atoms with Gasteiger partial charge in [-0.15, -0.1) is 0 Å². The van der Waals surface area contributed by atoms with Crippen molar-refractivity contribution in [1.29, 1.82) is 0 Å². The molecule has 0 spiro atoms. The molecule has 0 radical (unpaired) electrons. The van der Waals surface area contributed by atoms with E-state index in [1.165, 1.54) is 28.3 Å². The van der Waals surface area contributed by atoms with Crippen molar-refractivity contribution >= 4 is 10.8 Å². The molecule has 1 atom stereocenters. The van der Waals surface area contributed by atoms with E-state index in [1.54, 1.807) is 0 Å². The zero-order valence-electron chi connectivity index (χ0n) is 14.8. The standard InChI is InChI=1S/C22H25N3/c1-17-7-10-21(24-16-17)22(25-13-4-11-23-12-14-25)20-9-8-18-5-2-3-6-19(18)15-20/h2-3,5-10,15-16,22-23H,4,11-14H2,1H3. The van der Waals surface area contributed by atoms with Gasteiger partial charge in [-0.3, -0.25) is 9.88 Å². The molecule has 2 heterocycles. The molecule has 1 unspecified atom stereocenters. The zero-order valence-corrected chi connectivity index (χ0v) is 14.8. The quantitative estimate of drug-likeness (QED) is 0.788. The van der Waals surface area contributed by atoms with Crippen molar-refractivity contribution in [2.75, 3.05) is 26.2 Å². The SMILES string of the molecule is Cc1ccc(C(c2ccc3ccccc3c2)N2CCCNCC2)nc1. The Bertz CT molecular complexity index is 833. The van der Waals surface area contributed by atoms with Crippen LogP contribution in [0.4, 0.5) is 0 Å². The molecule has 1 saturated heterocycles. The lowest BCUT2D eigenvalue weighted by molar-refractivity contribution is 0.237. The van der Waals surface area contributed by atoms with E-state index >= 15 is 0 Å². The van der Waals surface area contributed by atoms with Gasteiger partial charge in [0.25, 0.3) is 0 Å². The summed E-state index contributed by atoms with van der Waals surface area (Å²) in [6, 6.07) is 20.0. The number of aromatic nitrogens is 1. The number of rotatable bonds is 3. The molecular formula is C22H25N3. The van der Waals surface area contributed by atoms with E-state index in [9.17, 15) is 0 Å². The Kier molecular flexibility index (Phi) is 4.77. The maximum absolute atomic E-state index is 4.78. The van der Waals surface area contributed by atoms with E-state index in [1.807, 2.05) is 6.20 Å². The van der Waals surface area contributed by atoms with Gasteiger partial charge < -0.3 is 5.32 Å². The van der Waals surface area contributed by atoms with E-state index in [0.717, 1.165) is 31.9 Å². The Balaban J connectivity index is 1.78. The molecule has 3 nitrogen and oxygen atoms in total. The molecule has 1 aliphatic heterocycles. The van der Waals surface area contributed by atoms with E-state index in [4.69, 9.17) is 4.98 Å². The Hall–Kier alpha value is -2.23. The van der Waals surface area contributed by atoms with Crippen molar-refractivity contribution in [2.24, 2.45) is 0 Å². The molecule has 3 heteroatoms. The summed E-state index contributed by atoms with van der Waals surface area (Å²) in [5, 5.41) is 6.10. The van der Waals surface area contributed by atoms with Crippen LogP contribution in [0.2, 0.25) is 0 Å². The summed E-state index contributed by atoms with van der Waals surface area (Å²) in [6.07, 6.45) is 3.16. The fraction of sp³-hybridized carbons (Fsp3) is 0.318. The smallest absolute Gasteiger partial charge is 0.0777 e. The van der Waals surface area contributed by atoms with Crippen LogP contribution in [0, 0.1) is 6.92 Å². The van der Waals surface area contributed by atoms with Crippen LogP contribution in [0.5, 0.6) is 0 Å². The minimum Gasteiger partial charge on any atom is -0.315 e. The minimum absolute atomic E-state index is 0.213. The summed E-state index contributed by atoms with van der Waals surface area (Å²) in [5.74, 6) is 0. The van der Waals surface area contributed by atoms with Gasteiger partial charge in [0.2, 0.25) is 0 Å². The number of aryl methyl sites for hydroxylation is 1. The average molecular weight is 331 g/mol. The van der Waals surface area contributed by atoms with Gasteiger partial charge in [0.05, 0.1) is 11.7 Å². The minimum atomic E-state index is 0.213. The molecule has 3 aromatic rings. The van der Waals surface area contributed by atoms with Gasteiger partial charge in [-0.2, -0.15) is 0 Å². The third-order valence-corrected chi connectivity index (χ3v) is 5.04. The Labute approximate surface area is 149 Å². The number of fused-ring (bicyclic) bond motifs is 1. The van der Waals surface area contributed by atoms with Crippen molar-refractivity contribution in [3.63, 3.8) is 0 Å². The van der Waals surface area contributed by atoms with E-state index < -0.39 is 0 Å². The van der Waals surface area contributed by atoms with Crippen molar-refractivity contribution in [2.45, 2.75) is 19.4 Å². The fourth-order valence-corrected chi connectivity index (χ4v) is 3.71. The second-order valence-electron chi connectivity index (χ2n) is 6.91. The lowest BCUT2D eigenvalue weighted by Gasteiger charge is -2.30. The fourth-order valence-electron chi connectivity index (χ4n) is 3.71. The number of pyridine rings is 1. The van der Waals surface area contributed by atoms with Crippen LogP contribution in [0.25, 0.3) is 10.8 Å². The Morgan fingerprint density at radius 1 is 0.960 bits per heavy atom. The first-order chi connectivity index (χ1) is 12.3. The summed E-state index contributed by atoms with van der Waals surface area (Å²) >= 11 is 0. The van der Waals surface area contributed by atoms with Gasteiger partial charge >= 0.3 is 0 Å². The summed E-state index contributed by atoms with van der Waals surface area (Å²) in [4.78, 5) is 7.35. The second-order valence-corrected chi connectivity index (χ2v) is 6.91. The zero-order chi connectivity index (χ0) is 17.1. The lowest BCUT2D eigenvalue weighted by Crippen LogP contribution is -2.33. The van der Waals surface area contributed by atoms with Crippen LogP contribution in [0.3, 0.4) is 0 Å². The van der Waals surface area contributed by atoms with Crippen LogP contribution < -0.4 is 5.32 Å². The lowest BCUT2D eigenvalue weighted by atomic mass is 9.97. The van der Waals surface area contributed by atoms with Crippen LogP contribution >= 0.6 is 0 Å². The maximum Gasteiger partial charge on any atom is 0.0777 e. The molecule has 4 rings (SSSR count). The van der Waals surface area contributed by atoms with Crippen molar-refractivity contribution in [3.05, 3.63) is 77.6 Å². The first-order valence-corrected chi connectivity index (χ1v) is 9.17. The summed E-state index contributed by atoms with van der Waals surface area (Å²) in [6.45, 7) is 6.38. The molecular weight excluding hydrogens is 306 g/mol. The average Bonchev–Trinajstić information content (AvgIpc) is 2.93. The molecule has 2 aromatic carbocycles. The molecule has 0 saturated carbocycles. The molecule has 0 amide bonds. The third kappa shape index (κ3) is 3.58. The highest BCUT2D eigenvalue weighted by Crippen LogP contribution is 2.30. The predicted molar refractivity (Wildman–Crippen MR) is 104 cm³/mol. The first-order valence-electron chi connectivity index (χ1n) is 9.17. The number of hydrogen-bond acceptors (Lipinski definition) is 3. The molecule has 128 valence electrons. The van der Waals surface area contributed by atoms with Crippen LogP contribution in [0.15, 0.2) is 60.8 Å². The molecule has 0 aliphatic carbocycles. The highest BCUT2D eigenvalue weighted by molar-refractivity contribution is 5.83. The van der Waals surface area contributed by atoms with Crippen molar-refractivity contribution < 1.29 is 0 Å². The second kappa shape index (κ2) is 7.34. The highest BCUT2D eigenvalue weighted by atomic mass is 15.2. The topological polar surface area (TPSA) is 28.2 Å². The number of nitrogens with one attached hydrogen (secondary N) is 1. The number of hydrogen-bond donors (Lipinski definition) is 1. The highest BCUT2D eigenvalue weighted by Gasteiger charge is 2.24. The molecule has 1 aromatic heterocycles. The molecule has 1 fully saturated rings. The van der Waals surface area contributed by atoms with E-state index in [0.29, 0.717) is 0 Å². The number of benzene rings is 2. The first kappa shape index (κ1) is 16.2. The third-order valence-electron chi connectivity index (χ3n) is 5.04.